The van der Waals surface area contributed by atoms with Gasteiger partial charge in [0, 0.05) is 23.4 Å². The number of carbonyl (C=O) groups excluding carboxylic acids is 2. The molecule has 0 N–H and O–H groups in total. The molecule has 0 spiro atoms. The Balaban J connectivity index is 2.07. The highest BCUT2D eigenvalue weighted by Crippen LogP contribution is 2.31. The lowest BCUT2D eigenvalue weighted by atomic mass is 10.1. The summed E-state index contributed by atoms with van der Waals surface area (Å²) in [6.07, 6.45) is 1.01. The molecule has 1 aromatic carbocycles. The van der Waals surface area contributed by atoms with Crippen LogP contribution in [-0.2, 0) is 4.74 Å². The Kier molecular flexibility index (Phi) is 5.57. The van der Waals surface area contributed by atoms with Crippen molar-refractivity contribution in [2.24, 2.45) is 10.9 Å². The monoisotopic (exact) mass is 402 g/mol. The maximum atomic E-state index is 13.2. The normalized spacial score (nSPS) is 17.1. The number of benzene rings is 1. The SMILES string of the molecule is COc1ccc2c(C(=O)C3=N[C@@H](C(C)C)CS3)cn(C(=O)OC(C)(C)C)c2c1. The van der Waals surface area contributed by atoms with Crippen LogP contribution in [0.4, 0.5) is 4.79 Å². The van der Waals surface area contributed by atoms with Crippen molar-refractivity contribution in [2.45, 2.75) is 46.3 Å². The van der Waals surface area contributed by atoms with Crippen molar-refractivity contribution in [3.05, 3.63) is 30.0 Å². The van der Waals surface area contributed by atoms with Gasteiger partial charge in [-0.25, -0.2) is 4.79 Å². The van der Waals surface area contributed by atoms with Crippen molar-refractivity contribution in [1.29, 1.82) is 0 Å². The quantitative estimate of drug-likeness (QED) is 0.688. The van der Waals surface area contributed by atoms with E-state index in [-0.39, 0.29) is 11.8 Å². The summed E-state index contributed by atoms with van der Waals surface area (Å²) in [5.41, 5.74) is 0.368. The van der Waals surface area contributed by atoms with E-state index in [1.807, 2.05) is 0 Å². The second-order valence-corrected chi connectivity index (χ2v) is 9.17. The number of ether oxygens (including phenoxy) is 2. The number of aliphatic imine (C=N–C) groups is 1. The van der Waals surface area contributed by atoms with E-state index in [2.05, 4.69) is 18.8 Å². The maximum absolute atomic E-state index is 13.2. The molecule has 1 aromatic heterocycles. The topological polar surface area (TPSA) is 69.9 Å². The van der Waals surface area contributed by atoms with E-state index in [1.54, 1.807) is 52.3 Å². The fraction of sp³-hybridized carbons (Fsp3) is 0.476. The molecular weight excluding hydrogens is 376 g/mol. The summed E-state index contributed by atoms with van der Waals surface area (Å²) < 4.78 is 12.2. The summed E-state index contributed by atoms with van der Waals surface area (Å²) in [5.74, 6) is 1.62. The van der Waals surface area contributed by atoms with E-state index in [0.717, 1.165) is 5.75 Å². The van der Waals surface area contributed by atoms with Gasteiger partial charge in [-0.3, -0.25) is 14.4 Å². The van der Waals surface area contributed by atoms with Gasteiger partial charge in [0.25, 0.3) is 0 Å². The molecule has 0 saturated heterocycles. The molecule has 0 fully saturated rings. The van der Waals surface area contributed by atoms with Gasteiger partial charge in [0.15, 0.2) is 0 Å². The average molecular weight is 403 g/mol. The van der Waals surface area contributed by atoms with Gasteiger partial charge in [0.1, 0.15) is 16.4 Å². The van der Waals surface area contributed by atoms with Crippen LogP contribution < -0.4 is 4.74 Å². The zero-order valence-corrected chi connectivity index (χ0v) is 17.9. The Hall–Kier alpha value is -2.28. The van der Waals surface area contributed by atoms with Gasteiger partial charge in [0.2, 0.25) is 5.78 Å². The highest BCUT2D eigenvalue weighted by Gasteiger charge is 2.29. The summed E-state index contributed by atoms with van der Waals surface area (Å²) in [6.45, 7) is 9.61. The first kappa shape index (κ1) is 20.5. The molecule has 28 heavy (non-hydrogen) atoms. The standard InChI is InChI=1S/C21H26N2O4S/c1-12(2)16-11-28-19(22-16)18(24)15-10-23(20(25)27-21(3,4)5)17-9-13(26-6)7-8-14(15)17/h7-10,12,16H,11H2,1-6H3/t16-/m1/s1. The fourth-order valence-electron chi connectivity index (χ4n) is 2.95. The highest BCUT2D eigenvalue weighted by atomic mass is 32.2. The van der Waals surface area contributed by atoms with Gasteiger partial charge in [-0.05, 0) is 38.8 Å². The second-order valence-electron chi connectivity index (χ2n) is 8.16. The number of fused-ring (bicyclic) bond motifs is 1. The minimum absolute atomic E-state index is 0.142. The first-order valence-electron chi connectivity index (χ1n) is 9.28. The van der Waals surface area contributed by atoms with Crippen LogP contribution >= 0.6 is 11.8 Å². The molecule has 0 bridgehead atoms. The number of nitrogens with zero attached hydrogens (tertiary/aromatic N) is 2. The molecule has 0 amide bonds. The number of thioether (sulfide) groups is 1. The Morgan fingerprint density at radius 1 is 1.29 bits per heavy atom. The molecule has 0 saturated carbocycles. The molecular formula is C21H26N2O4S. The number of ketones is 1. The Morgan fingerprint density at radius 3 is 2.57 bits per heavy atom. The van der Waals surface area contributed by atoms with Gasteiger partial charge in [-0.15, -0.1) is 11.8 Å². The third-order valence-corrected chi connectivity index (χ3v) is 5.56. The van der Waals surface area contributed by atoms with Crippen LogP contribution in [-0.4, -0.2) is 46.0 Å². The van der Waals surface area contributed by atoms with Gasteiger partial charge < -0.3 is 9.47 Å². The van der Waals surface area contributed by atoms with E-state index in [9.17, 15) is 9.59 Å². The highest BCUT2D eigenvalue weighted by molar-refractivity contribution is 8.16. The number of methoxy groups -OCH3 is 1. The molecule has 0 radical (unpaired) electrons. The fourth-order valence-corrected chi connectivity index (χ4v) is 4.19. The molecule has 0 aliphatic carbocycles. The molecule has 2 aromatic rings. The molecule has 3 rings (SSSR count). The van der Waals surface area contributed by atoms with Gasteiger partial charge in [-0.1, -0.05) is 13.8 Å². The Morgan fingerprint density at radius 2 is 2.00 bits per heavy atom. The Bertz CT molecular complexity index is 953. The van der Waals surface area contributed by atoms with Crippen LogP contribution in [0.25, 0.3) is 10.9 Å². The Labute approximate surface area is 169 Å². The lowest BCUT2D eigenvalue weighted by Crippen LogP contribution is -2.26. The third-order valence-electron chi connectivity index (χ3n) is 4.49. The zero-order chi connectivity index (χ0) is 20.6. The number of hydrogen-bond acceptors (Lipinski definition) is 6. The number of Topliss-reactive ketones (excluding diaryl/α,β-unsaturated/α-hetero) is 1. The first-order valence-corrected chi connectivity index (χ1v) is 10.3. The average Bonchev–Trinajstić information content (AvgIpc) is 3.24. The van der Waals surface area contributed by atoms with Gasteiger partial charge in [-0.2, -0.15) is 0 Å². The molecule has 2 heterocycles. The van der Waals surface area contributed by atoms with Crippen LogP contribution in [0.15, 0.2) is 29.4 Å². The van der Waals surface area contributed by atoms with Crippen LogP contribution in [0, 0.1) is 5.92 Å². The number of carbonyl (C=O) groups is 2. The summed E-state index contributed by atoms with van der Waals surface area (Å²) in [5, 5.41) is 1.17. The lowest BCUT2D eigenvalue weighted by molar-refractivity contribution is 0.0544. The second kappa shape index (κ2) is 7.62. The first-order chi connectivity index (χ1) is 13.1. The molecule has 1 aliphatic heterocycles. The molecule has 7 heteroatoms. The van der Waals surface area contributed by atoms with E-state index in [4.69, 9.17) is 9.47 Å². The van der Waals surface area contributed by atoms with Crippen molar-refractivity contribution in [1.82, 2.24) is 4.57 Å². The molecule has 150 valence electrons. The predicted molar refractivity (Wildman–Crippen MR) is 113 cm³/mol. The summed E-state index contributed by atoms with van der Waals surface area (Å²) in [6, 6.07) is 5.45. The van der Waals surface area contributed by atoms with E-state index in [0.29, 0.717) is 33.2 Å². The maximum Gasteiger partial charge on any atom is 0.419 e. The lowest BCUT2D eigenvalue weighted by Gasteiger charge is -2.19. The van der Waals surface area contributed by atoms with Crippen LogP contribution in [0.3, 0.4) is 0 Å². The smallest absolute Gasteiger partial charge is 0.419 e. The molecule has 1 atom stereocenters. The summed E-state index contributed by atoms with van der Waals surface area (Å²) >= 11 is 1.48. The van der Waals surface area contributed by atoms with Crippen molar-refractivity contribution in [3.8, 4) is 5.75 Å². The molecule has 6 nitrogen and oxygen atoms in total. The predicted octanol–water partition coefficient (Wildman–Crippen LogP) is 4.79. The summed E-state index contributed by atoms with van der Waals surface area (Å²) in [4.78, 5) is 30.5. The van der Waals surface area contributed by atoms with Gasteiger partial charge in [0.05, 0.1) is 24.2 Å². The van der Waals surface area contributed by atoms with E-state index >= 15 is 0 Å². The minimum atomic E-state index is -0.646. The van der Waals surface area contributed by atoms with E-state index < -0.39 is 11.7 Å². The third kappa shape index (κ3) is 4.09. The van der Waals surface area contributed by atoms with Crippen molar-refractivity contribution < 1.29 is 19.1 Å². The van der Waals surface area contributed by atoms with Crippen LogP contribution in [0.2, 0.25) is 0 Å². The molecule has 1 aliphatic rings. The van der Waals surface area contributed by atoms with Crippen LogP contribution in [0.1, 0.15) is 45.0 Å². The molecule has 0 unspecified atom stereocenters. The number of rotatable bonds is 4. The largest absolute Gasteiger partial charge is 0.497 e. The summed E-state index contributed by atoms with van der Waals surface area (Å²) in [7, 11) is 1.56. The van der Waals surface area contributed by atoms with Crippen molar-refractivity contribution in [3.63, 3.8) is 0 Å². The van der Waals surface area contributed by atoms with E-state index in [1.165, 1.54) is 16.3 Å². The number of aromatic nitrogens is 1. The zero-order valence-electron chi connectivity index (χ0n) is 17.1. The van der Waals surface area contributed by atoms with Crippen molar-refractivity contribution >= 4 is 39.6 Å². The van der Waals surface area contributed by atoms with Crippen LogP contribution in [0.5, 0.6) is 5.75 Å². The van der Waals surface area contributed by atoms with Gasteiger partial charge >= 0.3 is 6.09 Å². The van der Waals surface area contributed by atoms with Crippen molar-refractivity contribution in [2.75, 3.05) is 12.9 Å². The minimum Gasteiger partial charge on any atom is -0.497 e. The number of hydrogen-bond donors (Lipinski definition) is 0.